The monoisotopic (exact) mass is 316 g/mol. The van der Waals surface area contributed by atoms with Gasteiger partial charge in [-0.3, -0.25) is 4.98 Å². The standard InChI is InChI=1S/C17H17ClN2S/c1-3-19-16(17-15(18)11(2)10-21-17)13-6-4-8-14-12(13)7-5-9-20-14/h4-10,16,19H,3H2,1-2H3. The summed E-state index contributed by atoms with van der Waals surface area (Å²) in [5.74, 6) is 0. The van der Waals surface area contributed by atoms with Crippen LogP contribution in [0, 0.1) is 6.92 Å². The third-order valence-corrected chi connectivity index (χ3v) is 5.36. The first kappa shape index (κ1) is 14.5. The van der Waals surface area contributed by atoms with E-state index in [0.29, 0.717) is 0 Å². The van der Waals surface area contributed by atoms with Gasteiger partial charge in [0.15, 0.2) is 0 Å². The average molecular weight is 317 g/mol. The van der Waals surface area contributed by atoms with E-state index in [1.807, 2.05) is 18.3 Å². The van der Waals surface area contributed by atoms with Crippen molar-refractivity contribution in [3.8, 4) is 0 Å². The molecule has 0 spiro atoms. The number of hydrogen-bond acceptors (Lipinski definition) is 3. The molecule has 1 atom stereocenters. The van der Waals surface area contributed by atoms with Crippen LogP contribution in [0.2, 0.25) is 5.02 Å². The Labute approximate surface area is 133 Å². The van der Waals surface area contributed by atoms with E-state index in [1.165, 1.54) is 15.8 Å². The van der Waals surface area contributed by atoms with E-state index in [4.69, 9.17) is 11.6 Å². The highest BCUT2D eigenvalue weighted by Gasteiger charge is 2.21. The summed E-state index contributed by atoms with van der Waals surface area (Å²) < 4.78 is 0. The molecule has 3 rings (SSSR count). The third-order valence-electron chi connectivity index (χ3n) is 3.59. The first-order valence-corrected chi connectivity index (χ1v) is 8.28. The molecule has 0 aliphatic rings. The van der Waals surface area contributed by atoms with Crippen molar-refractivity contribution in [2.24, 2.45) is 0 Å². The lowest BCUT2D eigenvalue weighted by Gasteiger charge is -2.19. The summed E-state index contributed by atoms with van der Waals surface area (Å²) in [7, 11) is 0. The van der Waals surface area contributed by atoms with E-state index in [9.17, 15) is 0 Å². The Morgan fingerprint density at radius 3 is 2.86 bits per heavy atom. The molecule has 4 heteroatoms. The Morgan fingerprint density at radius 2 is 2.14 bits per heavy atom. The zero-order chi connectivity index (χ0) is 14.8. The Morgan fingerprint density at radius 1 is 1.29 bits per heavy atom. The van der Waals surface area contributed by atoms with E-state index in [1.54, 1.807) is 11.3 Å². The van der Waals surface area contributed by atoms with Crippen molar-refractivity contribution in [3.05, 3.63) is 62.9 Å². The van der Waals surface area contributed by atoms with Gasteiger partial charge in [0.05, 0.1) is 16.6 Å². The Bertz CT molecular complexity index is 761. The summed E-state index contributed by atoms with van der Waals surface area (Å²) in [6, 6.07) is 10.5. The molecule has 2 nitrogen and oxygen atoms in total. The second-order valence-corrected chi connectivity index (χ2v) is 6.29. The summed E-state index contributed by atoms with van der Waals surface area (Å²) in [4.78, 5) is 5.62. The number of aryl methyl sites for hydroxylation is 1. The topological polar surface area (TPSA) is 24.9 Å². The summed E-state index contributed by atoms with van der Waals surface area (Å²) in [6.07, 6.45) is 1.83. The van der Waals surface area contributed by atoms with Gasteiger partial charge in [0.1, 0.15) is 0 Å². The van der Waals surface area contributed by atoms with Crippen LogP contribution in [0.5, 0.6) is 0 Å². The number of thiophene rings is 1. The molecule has 1 aromatic carbocycles. The van der Waals surface area contributed by atoms with Gasteiger partial charge in [-0.05, 0) is 42.1 Å². The van der Waals surface area contributed by atoms with Crippen molar-refractivity contribution in [2.45, 2.75) is 19.9 Å². The molecule has 1 N–H and O–H groups in total. The van der Waals surface area contributed by atoms with E-state index in [2.05, 4.69) is 47.7 Å². The first-order valence-electron chi connectivity index (χ1n) is 7.03. The molecule has 0 aliphatic heterocycles. The molecule has 0 radical (unpaired) electrons. The molecular weight excluding hydrogens is 300 g/mol. The number of rotatable bonds is 4. The fourth-order valence-corrected chi connectivity index (χ4v) is 3.97. The quantitative estimate of drug-likeness (QED) is 0.736. The zero-order valence-corrected chi connectivity index (χ0v) is 13.6. The molecule has 1 unspecified atom stereocenters. The van der Waals surface area contributed by atoms with Crippen molar-refractivity contribution in [1.29, 1.82) is 0 Å². The molecule has 3 aromatic rings. The minimum atomic E-state index is 0.106. The maximum atomic E-state index is 6.50. The minimum Gasteiger partial charge on any atom is -0.306 e. The molecule has 2 heterocycles. The van der Waals surface area contributed by atoms with Crippen molar-refractivity contribution in [3.63, 3.8) is 0 Å². The fourth-order valence-electron chi connectivity index (χ4n) is 2.57. The zero-order valence-electron chi connectivity index (χ0n) is 12.1. The van der Waals surface area contributed by atoms with Crippen LogP contribution >= 0.6 is 22.9 Å². The summed E-state index contributed by atoms with van der Waals surface area (Å²) in [5, 5.41) is 7.72. The molecule has 0 saturated heterocycles. The smallest absolute Gasteiger partial charge is 0.0705 e. The molecule has 0 fully saturated rings. The number of aromatic nitrogens is 1. The summed E-state index contributed by atoms with van der Waals surface area (Å²) in [6.45, 7) is 5.05. The van der Waals surface area contributed by atoms with Crippen molar-refractivity contribution in [1.82, 2.24) is 10.3 Å². The largest absolute Gasteiger partial charge is 0.306 e. The van der Waals surface area contributed by atoms with Crippen LogP contribution in [-0.2, 0) is 0 Å². The van der Waals surface area contributed by atoms with Crippen molar-refractivity contribution < 1.29 is 0 Å². The normalized spacial score (nSPS) is 12.7. The summed E-state index contributed by atoms with van der Waals surface area (Å²) in [5.41, 5.74) is 3.38. The van der Waals surface area contributed by atoms with Crippen LogP contribution in [0.3, 0.4) is 0 Å². The lowest BCUT2D eigenvalue weighted by molar-refractivity contribution is 0.643. The lowest BCUT2D eigenvalue weighted by Crippen LogP contribution is -2.21. The van der Waals surface area contributed by atoms with Gasteiger partial charge in [-0.2, -0.15) is 0 Å². The van der Waals surface area contributed by atoms with Gasteiger partial charge in [0, 0.05) is 16.5 Å². The predicted octanol–water partition coefficient (Wildman–Crippen LogP) is 4.96. The average Bonchev–Trinajstić information content (AvgIpc) is 2.84. The molecule has 108 valence electrons. The van der Waals surface area contributed by atoms with Gasteiger partial charge in [-0.25, -0.2) is 0 Å². The second-order valence-electron chi connectivity index (χ2n) is 5.00. The first-order chi connectivity index (χ1) is 10.2. The van der Waals surface area contributed by atoms with E-state index in [-0.39, 0.29) is 6.04 Å². The van der Waals surface area contributed by atoms with Crippen LogP contribution in [0.1, 0.15) is 29.0 Å². The van der Waals surface area contributed by atoms with E-state index in [0.717, 1.165) is 22.6 Å². The number of pyridine rings is 1. The number of nitrogens with zero attached hydrogens (tertiary/aromatic N) is 1. The van der Waals surface area contributed by atoms with Crippen LogP contribution in [0.15, 0.2) is 41.9 Å². The van der Waals surface area contributed by atoms with Gasteiger partial charge >= 0.3 is 0 Å². The second kappa shape index (κ2) is 6.14. The molecule has 0 aliphatic carbocycles. The number of benzene rings is 1. The molecule has 0 saturated carbocycles. The minimum absolute atomic E-state index is 0.106. The van der Waals surface area contributed by atoms with Crippen molar-refractivity contribution in [2.75, 3.05) is 6.54 Å². The molecule has 0 bridgehead atoms. The van der Waals surface area contributed by atoms with Crippen LogP contribution in [-0.4, -0.2) is 11.5 Å². The van der Waals surface area contributed by atoms with Crippen LogP contribution in [0.25, 0.3) is 10.9 Å². The fraction of sp³-hybridized carbons (Fsp3) is 0.235. The van der Waals surface area contributed by atoms with Crippen LogP contribution in [0.4, 0.5) is 0 Å². The van der Waals surface area contributed by atoms with Gasteiger partial charge in [-0.15, -0.1) is 11.3 Å². The Kier molecular flexibility index (Phi) is 4.24. The van der Waals surface area contributed by atoms with E-state index < -0.39 is 0 Å². The van der Waals surface area contributed by atoms with E-state index >= 15 is 0 Å². The maximum absolute atomic E-state index is 6.50. The molecular formula is C17H17ClN2S. The number of nitrogens with one attached hydrogen (secondary N) is 1. The highest BCUT2D eigenvalue weighted by atomic mass is 35.5. The third kappa shape index (κ3) is 2.69. The van der Waals surface area contributed by atoms with Gasteiger partial charge < -0.3 is 5.32 Å². The molecule has 0 amide bonds. The lowest BCUT2D eigenvalue weighted by atomic mass is 9.99. The number of halogens is 1. The summed E-state index contributed by atoms with van der Waals surface area (Å²) >= 11 is 8.21. The Hall–Kier alpha value is -1.42. The van der Waals surface area contributed by atoms with Gasteiger partial charge in [0.2, 0.25) is 0 Å². The maximum Gasteiger partial charge on any atom is 0.0705 e. The number of fused-ring (bicyclic) bond motifs is 1. The SMILES string of the molecule is CCNC(c1scc(C)c1Cl)c1cccc2ncccc12. The highest BCUT2D eigenvalue weighted by Crippen LogP contribution is 2.37. The van der Waals surface area contributed by atoms with Crippen molar-refractivity contribution >= 4 is 33.8 Å². The van der Waals surface area contributed by atoms with Crippen LogP contribution < -0.4 is 5.32 Å². The number of hydrogen-bond donors (Lipinski definition) is 1. The predicted molar refractivity (Wildman–Crippen MR) is 91.3 cm³/mol. The highest BCUT2D eigenvalue weighted by molar-refractivity contribution is 7.10. The van der Waals surface area contributed by atoms with Gasteiger partial charge in [-0.1, -0.05) is 36.7 Å². The molecule has 2 aromatic heterocycles. The van der Waals surface area contributed by atoms with Gasteiger partial charge in [0.25, 0.3) is 0 Å². The Balaban J connectivity index is 2.18. The molecule has 21 heavy (non-hydrogen) atoms.